The molecule has 0 aliphatic heterocycles. The summed E-state index contributed by atoms with van der Waals surface area (Å²) in [6.07, 6.45) is -0.496. The average molecular weight is 432 g/mol. The molecule has 1 aliphatic rings. The molecule has 0 radical (unpaired) electrons. The fourth-order valence-corrected chi connectivity index (χ4v) is 3.65. The van der Waals surface area contributed by atoms with Crippen LogP contribution in [-0.2, 0) is 22.1 Å². The molecule has 8 heteroatoms. The number of hydrogen-bond acceptors (Lipinski definition) is 3. The number of carbonyl (C=O) groups is 1. The summed E-state index contributed by atoms with van der Waals surface area (Å²) in [5.74, 6) is 0.554. The van der Waals surface area contributed by atoms with Crippen LogP contribution < -0.4 is 10.1 Å². The molecule has 0 saturated heterocycles. The lowest BCUT2D eigenvalue weighted by molar-refractivity contribution is -0.137. The van der Waals surface area contributed by atoms with Crippen LogP contribution in [0.25, 0.3) is 10.9 Å². The van der Waals surface area contributed by atoms with Gasteiger partial charge in [0.15, 0.2) is 0 Å². The third-order valence-electron chi connectivity index (χ3n) is 5.65. The van der Waals surface area contributed by atoms with Crippen LogP contribution in [0.5, 0.6) is 5.75 Å². The van der Waals surface area contributed by atoms with Crippen LogP contribution in [0, 0.1) is 5.92 Å². The summed E-state index contributed by atoms with van der Waals surface area (Å²) in [7, 11) is 1.65. The van der Waals surface area contributed by atoms with Gasteiger partial charge in [0.25, 0.3) is 0 Å². The molecule has 0 unspecified atom stereocenters. The van der Waals surface area contributed by atoms with Gasteiger partial charge >= 0.3 is 6.18 Å². The molecular weight excluding hydrogens is 409 g/mol. The van der Waals surface area contributed by atoms with E-state index >= 15 is 0 Å². The highest BCUT2D eigenvalue weighted by Gasteiger charge is 2.34. The van der Waals surface area contributed by atoms with Gasteiger partial charge in [-0.15, -0.1) is 0 Å². The Morgan fingerprint density at radius 3 is 2.58 bits per heavy atom. The van der Waals surface area contributed by atoms with E-state index < -0.39 is 11.7 Å². The van der Waals surface area contributed by atoms with Crippen molar-refractivity contribution < 1.29 is 27.4 Å². The van der Waals surface area contributed by atoms with Gasteiger partial charge in [0.05, 0.1) is 24.0 Å². The summed E-state index contributed by atoms with van der Waals surface area (Å²) >= 11 is 0. The first-order valence-electron chi connectivity index (χ1n) is 10.1. The fourth-order valence-electron chi connectivity index (χ4n) is 3.65. The first kappa shape index (κ1) is 21.2. The van der Waals surface area contributed by atoms with Crippen molar-refractivity contribution >= 4 is 22.5 Å². The van der Waals surface area contributed by atoms with Gasteiger partial charge < -0.3 is 19.8 Å². The van der Waals surface area contributed by atoms with Gasteiger partial charge in [0, 0.05) is 36.5 Å². The molecule has 5 nitrogen and oxygen atoms in total. The molecule has 1 aliphatic carbocycles. The Morgan fingerprint density at radius 2 is 1.90 bits per heavy atom. The van der Waals surface area contributed by atoms with Gasteiger partial charge in [0.2, 0.25) is 5.91 Å². The van der Waals surface area contributed by atoms with Crippen molar-refractivity contribution in [2.45, 2.75) is 31.5 Å². The molecule has 0 atom stereocenters. The lowest BCUT2D eigenvalue weighted by Crippen LogP contribution is -2.38. The number of anilines is 1. The van der Waals surface area contributed by atoms with Crippen LogP contribution in [-0.4, -0.2) is 30.7 Å². The quantitative estimate of drug-likeness (QED) is 0.541. The highest BCUT2D eigenvalue weighted by Crippen LogP contribution is 2.33. The second-order valence-corrected chi connectivity index (χ2v) is 7.72. The highest BCUT2D eigenvalue weighted by molar-refractivity contribution is 6.03. The van der Waals surface area contributed by atoms with Crippen molar-refractivity contribution in [1.29, 1.82) is 0 Å². The number of benzene rings is 2. The molecular formula is C23H23F3N2O3. The minimum absolute atomic E-state index is 0.0252. The first-order chi connectivity index (χ1) is 14.8. The second-order valence-electron chi connectivity index (χ2n) is 7.72. The molecule has 0 bridgehead atoms. The van der Waals surface area contributed by atoms with Gasteiger partial charge in [-0.25, -0.2) is 0 Å². The monoisotopic (exact) mass is 432 g/mol. The minimum atomic E-state index is -4.34. The zero-order valence-corrected chi connectivity index (χ0v) is 17.0. The van der Waals surface area contributed by atoms with Crippen molar-refractivity contribution in [3.63, 3.8) is 0 Å². The molecule has 1 fully saturated rings. The number of methoxy groups -OCH3 is 1. The smallest absolute Gasteiger partial charge is 0.416 e. The number of rotatable bonds is 7. The Morgan fingerprint density at radius 1 is 1.16 bits per heavy atom. The molecule has 0 spiro atoms. The Kier molecular flexibility index (Phi) is 5.91. The van der Waals surface area contributed by atoms with E-state index in [-0.39, 0.29) is 17.9 Å². The summed E-state index contributed by atoms with van der Waals surface area (Å²) in [5, 5.41) is 3.80. The maximum Gasteiger partial charge on any atom is 0.416 e. The van der Waals surface area contributed by atoms with E-state index in [2.05, 4.69) is 10.3 Å². The van der Waals surface area contributed by atoms with Crippen molar-refractivity contribution in [2.24, 2.45) is 5.92 Å². The molecule has 3 aromatic rings. The minimum Gasteiger partial charge on any atom is -0.493 e. The molecule has 2 aromatic carbocycles. The largest absolute Gasteiger partial charge is 0.493 e. The summed E-state index contributed by atoms with van der Waals surface area (Å²) in [6, 6.07) is 10.6. The Bertz CT molecular complexity index is 1050. The molecule has 1 amide bonds. The predicted molar refractivity (Wildman–Crippen MR) is 111 cm³/mol. The molecule has 1 saturated carbocycles. The lowest BCUT2D eigenvalue weighted by atomic mass is 9.81. The van der Waals surface area contributed by atoms with E-state index in [1.165, 1.54) is 12.1 Å². The lowest BCUT2D eigenvalue weighted by Gasteiger charge is -2.32. The maximum absolute atomic E-state index is 12.6. The average Bonchev–Trinajstić information content (AvgIpc) is 3.09. The van der Waals surface area contributed by atoms with Crippen LogP contribution in [0.15, 0.2) is 48.7 Å². The SMILES string of the molecule is CO[C@H]1C[C@@H](C(=O)Nc2c[nH]c3ccc(OCCc4ccc(C(F)(F)F)cc4)cc23)C1. The van der Waals surface area contributed by atoms with E-state index in [9.17, 15) is 18.0 Å². The van der Waals surface area contributed by atoms with Gasteiger partial charge in [-0.2, -0.15) is 13.2 Å². The van der Waals surface area contributed by atoms with Crippen molar-refractivity contribution in [3.8, 4) is 5.75 Å². The highest BCUT2D eigenvalue weighted by atomic mass is 19.4. The van der Waals surface area contributed by atoms with Crippen molar-refractivity contribution in [3.05, 3.63) is 59.8 Å². The summed E-state index contributed by atoms with van der Waals surface area (Å²) in [4.78, 5) is 15.5. The van der Waals surface area contributed by atoms with Crippen molar-refractivity contribution in [1.82, 2.24) is 4.98 Å². The van der Waals surface area contributed by atoms with Gasteiger partial charge in [-0.3, -0.25) is 4.79 Å². The number of amides is 1. The topological polar surface area (TPSA) is 63.3 Å². The third-order valence-corrected chi connectivity index (χ3v) is 5.65. The molecule has 4 rings (SSSR count). The summed E-state index contributed by atoms with van der Waals surface area (Å²) in [6.45, 7) is 0.323. The predicted octanol–water partition coefficient (Wildman–Crippen LogP) is 5.17. The molecule has 1 aromatic heterocycles. The van der Waals surface area contributed by atoms with Crippen LogP contribution in [0.1, 0.15) is 24.0 Å². The fraction of sp³-hybridized carbons (Fsp3) is 0.348. The number of aromatic nitrogens is 1. The number of alkyl halides is 3. The molecule has 164 valence electrons. The van der Waals surface area contributed by atoms with Crippen LogP contribution >= 0.6 is 0 Å². The molecule has 1 heterocycles. The van der Waals surface area contributed by atoms with Crippen molar-refractivity contribution in [2.75, 3.05) is 19.0 Å². The number of ether oxygens (including phenoxy) is 2. The zero-order chi connectivity index (χ0) is 22.0. The standard InChI is InChI=1S/C23H23F3N2O3/c1-30-18-10-15(11-18)22(29)28-21-13-27-20-7-6-17(12-19(20)21)31-9-8-14-2-4-16(5-3-14)23(24,25)26/h2-7,12-13,15,18,27H,8-11H2,1H3,(H,28,29)/t15-,18+. The Hall–Kier alpha value is -3.00. The van der Waals surface area contributed by atoms with Crippen LogP contribution in [0.2, 0.25) is 0 Å². The van der Waals surface area contributed by atoms with E-state index in [1.54, 1.807) is 13.3 Å². The Balaban J connectivity index is 1.35. The van der Waals surface area contributed by atoms with E-state index in [4.69, 9.17) is 9.47 Å². The number of aromatic amines is 1. The van der Waals surface area contributed by atoms with E-state index in [0.29, 0.717) is 24.5 Å². The number of nitrogens with one attached hydrogen (secondary N) is 2. The normalized spacial score (nSPS) is 18.6. The number of H-pyrrole nitrogens is 1. The van der Waals surface area contributed by atoms with Gasteiger partial charge in [-0.1, -0.05) is 12.1 Å². The number of carbonyl (C=O) groups excluding carboxylic acids is 1. The van der Waals surface area contributed by atoms with Crippen LogP contribution in [0.4, 0.5) is 18.9 Å². The summed E-state index contributed by atoms with van der Waals surface area (Å²) < 4.78 is 49.0. The third kappa shape index (κ3) is 4.85. The van der Waals surface area contributed by atoms with Gasteiger partial charge in [-0.05, 0) is 48.7 Å². The molecule has 2 N–H and O–H groups in total. The van der Waals surface area contributed by atoms with Crippen LogP contribution in [0.3, 0.4) is 0 Å². The molecule has 31 heavy (non-hydrogen) atoms. The first-order valence-corrected chi connectivity index (χ1v) is 10.1. The second kappa shape index (κ2) is 8.63. The number of hydrogen-bond donors (Lipinski definition) is 2. The van der Waals surface area contributed by atoms with Gasteiger partial charge in [0.1, 0.15) is 5.75 Å². The maximum atomic E-state index is 12.6. The summed E-state index contributed by atoms with van der Waals surface area (Å²) in [5.41, 5.74) is 1.66. The zero-order valence-electron chi connectivity index (χ0n) is 17.0. The van der Waals surface area contributed by atoms with E-state index in [1.807, 2.05) is 18.2 Å². The Labute approximate surface area is 177 Å². The number of halogens is 3. The van der Waals surface area contributed by atoms with E-state index in [0.717, 1.165) is 41.4 Å². The number of fused-ring (bicyclic) bond motifs is 1.